The number of nitrogens with zero attached hydrogens (tertiary/aromatic N) is 1. The third-order valence-corrected chi connectivity index (χ3v) is 6.99. The summed E-state index contributed by atoms with van der Waals surface area (Å²) in [6.07, 6.45) is 8.20. The third-order valence-electron chi connectivity index (χ3n) is 5.68. The van der Waals surface area contributed by atoms with Crippen LogP contribution in [0, 0.1) is 17.8 Å². The van der Waals surface area contributed by atoms with Crippen LogP contribution in [-0.2, 0) is 10.2 Å². The van der Waals surface area contributed by atoms with Gasteiger partial charge in [0.1, 0.15) is 0 Å². The second-order valence-electron chi connectivity index (χ2n) is 7.04. The van der Waals surface area contributed by atoms with Gasteiger partial charge in [-0.3, -0.25) is 0 Å². The van der Waals surface area contributed by atoms with Crippen LogP contribution >= 0.6 is 8.19 Å². The van der Waals surface area contributed by atoms with Gasteiger partial charge in [-0.25, -0.2) is 9.78 Å². The smallest absolute Gasteiger partial charge is 0.357 e. The van der Waals surface area contributed by atoms with Crippen LogP contribution in [0.2, 0.25) is 0 Å². The summed E-state index contributed by atoms with van der Waals surface area (Å²) in [4.78, 5) is 16.5. The van der Waals surface area contributed by atoms with Crippen molar-refractivity contribution in [1.29, 1.82) is 0 Å². The summed E-state index contributed by atoms with van der Waals surface area (Å²) in [6, 6.07) is 0. The van der Waals surface area contributed by atoms with E-state index >= 15 is 0 Å². The first-order chi connectivity index (χ1) is 9.70. The number of hydrogen-bond acceptors (Lipinski definition) is 3. The molecule has 4 fully saturated rings. The van der Waals surface area contributed by atoms with Crippen LogP contribution in [0.25, 0.3) is 0 Å². The predicted molar refractivity (Wildman–Crippen MR) is 79.5 cm³/mol. The Morgan fingerprint density at radius 1 is 1.30 bits per heavy atom. The van der Waals surface area contributed by atoms with Crippen molar-refractivity contribution in [1.82, 2.24) is 4.98 Å². The number of carbonyl (C=O) groups excluding carboxylic acids is 1. The number of carbonyl (C=O) groups is 1. The number of rotatable bonds is 3. The number of aromatic nitrogens is 1. The highest BCUT2D eigenvalue weighted by molar-refractivity contribution is 7.30. The molecule has 4 bridgehead atoms. The van der Waals surface area contributed by atoms with Crippen LogP contribution in [-0.4, -0.2) is 17.6 Å². The number of hydrogen-bond donors (Lipinski definition) is 0. The maximum absolute atomic E-state index is 12.2. The van der Waals surface area contributed by atoms with Gasteiger partial charge in [-0.05, 0) is 63.2 Å². The van der Waals surface area contributed by atoms with E-state index < -0.39 is 0 Å². The van der Waals surface area contributed by atoms with Crippen molar-refractivity contribution in [2.45, 2.75) is 50.9 Å². The van der Waals surface area contributed by atoms with Crippen LogP contribution in [0.3, 0.4) is 0 Å². The molecule has 0 amide bonds. The van der Waals surface area contributed by atoms with Gasteiger partial charge in [-0.2, -0.15) is 0 Å². The molecule has 4 heteroatoms. The molecule has 108 valence electrons. The Labute approximate surface area is 121 Å². The zero-order chi connectivity index (χ0) is 13.7. The first-order valence-electron chi connectivity index (χ1n) is 7.91. The van der Waals surface area contributed by atoms with Gasteiger partial charge in [0.2, 0.25) is 0 Å². The van der Waals surface area contributed by atoms with E-state index in [1.165, 1.54) is 43.8 Å². The Morgan fingerprint density at radius 3 is 2.45 bits per heavy atom. The summed E-state index contributed by atoms with van der Waals surface area (Å²) < 4.78 is 5.21. The molecule has 1 atom stereocenters. The average molecular weight is 291 g/mol. The number of ether oxygens (including phenoxy) is 1. The Kier molecular flexibility index (Phi) is 2.96. The molecule has 0 spiro atoms. The van der Waals surface area contributed by atoms with Crippen LogP contribution in [0.1, 0.15) is 61.2 Å². The van der Waals surface area contributed by atoms with Gasteiger partial charge in [0.05, 0.1) is 6.61 Å². The van der Waals surface area contributed by atoms with E-state index in [2.05, 4.69) is 4.98 Å². The van der Waals surface area contributed by atoms with Crippen LogP contribution in [0.4, 0.5) is 0 Å². The van der Waals surface area contributed by atoms with Crippen molar-refractivity contribution in [3.8, 4) is 0 Å². The zero-order valence-corrected chi connectivity index (χ0v) is 13.0. The average Bonchev–Trinajstić information content (AvgIpc) is 2.87. The second kappa shape index (κ2) is 4.59. The molecular weight excluding hydrogens is 269 g/mol. The van der Waals surface area contributed by atoms with Crippen LogP contribution in [0.5, 0.6) is 0 Å². The van der Waals surface area contributed by atoms with Gasteiger partial charge in [0, 0.05) is 16.6 Å². The maximum atomic E-state index is 12.2. The summed E-state index contributed by atoms with van der Waals surface area (Å²) in [6.45, 7) is 2.30. The van der Waals surface area contributed by atoms with E-state index in [0.717, 1.165) is 17.8 Å². The van der Waals surface area contributed by atoms with Crippen molar-refractivity contribution >= 4 is 14.2 Å². The Balaban J connectivity index is 1.71. The molecule has 0 saturated heterocycles. The molecule has 3 nitrogen and oxygen atoms in total. The fourth-order valence-corrected chi connectivity index (χ4v) is 6.71. The third kappa shape index (κ3) is 1.86. The molecule has 0 aromatic carbocycles. The lowest BCUT2D eigenvalue weighted by Gasteiger charge is -2.56. The standard InChI is InChI=1S/C16H22NO2P/c1-2-19-15(18)13-14(20-9-17-13)16-6-10-3-11(7-16)5-12(4-10)8-16/h9-12,20H,2-8H2,1H3. The monoisotopic (exact) mass is 291 g/mol. The minimum Gasteiger partial charge on any atom is -0.461 e. The van der Waals surface area contributed by atoms with E-state index in [0.29, 0.717) is 25.9 Å². The highest BCUT2D eigenvalue weighted by Gasteiger charge is 2.53. The fourth-order valence-electron chi connectivity index (χ4n) is 5.47. The van der Waals surface area contributed by atoms with Crippen LogP contribution in [0.15, 0.2) is 5.93 Å². The molecular formula is C16H22NO2P. The minimum atomic E-state index is -0.195. The minimum absolute atomic E-state index is 0.195. The maximum Gasteiger partial charge on any atom is 0.357 e. The molecule has 4 aliphatic carbocycles. The summed E-state index contributed by atoms with van der Waals surface area (Å²) >= 11 is 0. The molecule has 0 N–H and O–H groups in total. The topological polar surface area (TPSA) is 39.2 Å². The Hall–Kier alpha value is -0.820. The van der Waals surface area contributed by atoms with Gasteiger partial charge < -0.3 is 4.74 Å². The van der Waals surface area contributed by atoms with Crippen LogP contribution < -0.4 is 0 Å². The predicted octanol–water partition coefficient (Wildman–Crippen LogP) is 3.76. The zero-order valence-electron chi connectivity index (χ0n) is 12.0. The molecule has 1 aromatic rings. The van der Waals surface area contributed by atoms with E-state index in [9.17, 15) is 4.79 Å². The van der Waals surface area contributed by atoms with Crippen molar-refractivity contribution < 1.29 is 9.53 Å². The van der Waals surface area contributed by atoms with Crippen molar-refractivity contribution in [2.24, 2.45) is 17.8 Å². The molecule has 20 heavy (non-hydrogen) atoms. The summed E-state index contributed by atoms with van der Waals surface area (Å²) in [5.41, 5.74) is 0.957. The summed E-state index contributed by atoms with van der Waals surface area (Å²) in [5, 5.41) is 1.34. The molecule has 4 aliphatic rings. The second-order valence-corrected chi connectivity index (χ2v) is 8.09. The quantitative estimate of drug-likeness (QED) is 0.796. The Morgan fingerprint density at radius 2 is 1.90 bits per heavy atom. The lowest BCUT2D eigenvalue weighted by Crippen LogP contribution is -2.48. The van der Waals surface area contributed by atoms with Crippen molar-refractivity contribution in [2.75, 3.05) is 6.61 Å². The van der Waals surface area contributed by atoms with E-state index in [1.807, 2.05) is 12.9 Å². The molecule has 0 radical (unpaired) electrons. The lowest BCUT2D eigenvalue weighted by atomic mass is 9.49. The van der Waals surface area contributed by atoms with E-state index in [4.69, 9.17) is 4.74 Å². The number of esters is 1. The summed E-state index contributed by atoms with van der Waals surface area (Å²) in [7, 11) is 0.607. The van der Waals surface area contributed by atoms with Crippen molar-refractivity contribution in [3.05, 3.63) is 16.9 Å². The van der Waals surface area contributed by atoms with Gasteiger partial charge >= 0.3 is 5.97 Å². The van der Waals surface area contributed by atoms with Gasteiger partial charge in [-0.1, -0.05) is 0 Å². The fraction of sp³-hybridized carbons (Fsp3) is 0.750. The lowest BCUT2D eigenvalue weighted by molar-refractivity contribution is -0.00438. The molecule has 1 aromatic heterocycles. The molecule has 5 rings (SSSR count). The van der Waals surface area contributed by atoms with Gasteiger partial charge in [0.25, 0.3) is 0 Å². The SMILES string of the molecule is CCOC(=O)c1nc[pH]c1C12CC3CC(CC(C3)C1)C2. The molecule has 1 unspecified atom stereocenters. The molecule has 4 saturated carbocycles. The first-order valence-corrected chi connectivity index (χ1v) is 8.99. The van der Waals surface area contributed by atoms with E-state index in [-0.39, 0.29) is 5.97 Å². The normalized spacial score (nSPS) is 38.5. The summed E-state index contributed by atoms with van der Waals surface area (Å²) in [5.74, 6) is 4.47. The van der Waals surface area contributed by atoms with Crippen molar-refractivity contribution in [3.63, 3.8) is 0 Å². The highest BCUT2D eigenvalue weighted by atomic mass is 31.0. The van der Waals surface area contributed by atoms with Gasteiger partial charge in [0.15, 0.2) is 5.69 Å². The van der Waals surface area contributed by atoms with E-state index in [1.54, 1.807) is 0 Å². The van der Waals surface area contributed by atoms with Gasteiger partial charge in [-0.15, -0.1) is 8.19 Å². The highest BCUT2D eigenvalue weighted by Crippen LogP contribution is 2.62. The first kappa shape index (κ1) is 12.9. The molecule has 1 heterocycles. The largest absolute Gasteiger partial charge is 0.461 e. The Bertz CT molecular complexity index is 501. The molecule has 0 aliphatic heterocycles.